The fourth-order valence-corrected chi connectivity index (χ4v) is 2.79. The van der Waals surface area contributed by atoms with Crippen molar-refractivity contribution in [2.24, 2.45) is 5.10 Å². The molecule has 0 atom stereocenters. The van der Waals surface area contributed by atoms with E-state index < -0.39 is 0 Å². The second kappa shape index (κ2) is 6.30. The van der Waals surface area contributed by atoms with E-state index in [2.05, 4.69) is 69.8 Å². The number of halogens is 1. The smallest absolute Gasteiger partial charge is 0.287 e. The molecule has 0 aliphatic heterocycles. The lowest BCUT2D eigenvalue weighted by atomic mass is 10.2. The molecule has 2 aromatic heterocycles. The molecule has 2 rings (SSSR count). The van der Waals surface area contributed by atoms with Gasteiger partial charge < -0.3 is 9.55 Å². The van der Waals surface area contributed by atoms with E-state index in [1.54, 1.807) is 18.5 Å². The third-order valence-corrected chi connectivity index (χ3v) is 3.76. The molecule has 6 heteroatoms. The summed E-state index contributed by atoms with van der Waals surface area (Å²) in [5.41, 5.74) is 6.31. The molecular weight excluding hydrogens is 332 g/mol. The van der Waals surface area contributed by atoms with Crippen molar-refractivity contribution in [3.05, 3.63) is 45.4 Å². The molecule has 0 saturated carbocycles. The topological polar surface area (TPSA) is 62.2 Å². The maximum absolute atomic E-state index is 11.8. The number of carbonyl (C=O) groups excluding carboxylic acids is 1. The van der Waals surface area contributed by atoms with Crippen LogP contribution >= 0.6 is 15.9 Å². The largest absolute Gasteiger partial charge is 0.356 e. The highest BCUT2D eigenvalue weighted by Gasteiger charge is 2.10. The Balaban J connectivity index is 2.08. The van der Waals surface area contributed by atoms with Crippen LogP contribution in [0, 0.1) is 13.8 Å². The molecular formula is C15H19BrN4O. The van der Waals surface area contributed by atoms with Crippen LogP contribution in [0.1, 0.15) is 47.3 Å². The minimum atomic E-state index is -0.269. The molecule has 0 aliphatic carbocycles. The first-order chi connectivity index (χ1) is 9.90. The number of aromatic amines is 1. The molecule has 0 fully saturated rings. The van der Waals surface area contributed by atoms with Crippen LogP contribution in [0.25, 0.3) is 0 Å². The van der Waals surface area contributed by atoms with Crippen LogP contribution in [0.5, 0.6) is 0 Å². The molecule has 1 amide bonds. The maximum atomic E-state index is 11.8. The van der Waals surface area contributed by atoms with Crippen LogP contribution in [-0.2, 0) is 0 Å². The number of aryl methyl sites for hydroxylation is 1. The number of carbonyl (C=O) groups is 1. The van der Waals surface area contributed by atoms with Gasteiger partial charge in [0.25, 0.3) is 5.91 Å². The Bertz CT molecular complexity index is 682. The zero-order valence-corrected chi connectivity index (χ0v) is 14.2. The van der Waals surface area contributed by atoms with Gasteiger partial charge in [-0.25, -0.2) is 5.43 Å². The molecule has 2 heterocycles. The second-order valence-corrected chi connectivity index (χ2v) is 6.14. The molecule has 0 unspecified atom stereocenters. The molecule has 0 bridgehead atoms. The molecule has 0 aromatic carbocycles. The average molecular weight is 351 g/mol. The van der Waals surface area contributed by atoms with Gasteiger partial charge in [0.15, 0.2) is 0 Å². The van der Waals surface area contributed by atoms with E-state index in [-0.39, 0.29) is 5.91 Å². The van der Waals surface area contributed by atoms with Crippen molar-refractivity contribution in [3.63, 3.8) is 0 Å². The fourth-order valence-electron chi connectivity index (χ4n) is 2.45. The number of H-pyrrole nitrogens is 1. The minimum Gasteiger partial charge on any atom is -0.356 e. The highest BCUT2D eigenvalue weighted by molar-refractivity contribution is 9.10. The van der Waals surface area contributed by atoms with Gasteiger partial charge in [0.05, 0.1) is 6.21 Å². The zero-order valence-electron chi connectivity index (χ0n) is 12.6. The lowest BCUT2D eigenvalue weighted by molar-refractivity contribution is 0.0951. The minimum absolute atomic E-state index is 0.269. The Morgan fingerprint density at radius 1 is 1.43 bits per heavy atom. The van der Waals surface area contributed by atoms with Crippen LogP contribution in [-0.4, -0.2) is 21.7 Å². The van der Waals surface area contributed by atoms with Crippen molar-refractivity contribution in [1.82, 2.24) is 15.0 Å². The van der Waals surface area contributed by atoms with E-state index in [0.717, 1.165) is 15.7 Å². The number of hydrogen-bond donors (Lipinski definition) is 2. The maximum Gasteiger partial charge on any atom is 0.287 e. The number of rotatable bonds is 4. The molecule has 112 valence electrons. The number of nitrogens with one attached hydrogen (secondary N) is 2. The monoisotopic (exact) mass is 350 g/mol. The van der Waals surface area contributed by atoms with Gasteiger partial charge in [0.2, 0.25) is 0 Å². The molecule has 2 aromatic rings. The third kappa shape index (κ3) is 3.44. The van der Waals surface area contributed by atoms with Gasteiger partial charge in [-0.05, 0) is 55.8 Å². The predicted molar refractivity (Wildman–Crippen MR) is 87.8 cm³/mol. The van der Waals surface area contributed by atoms with Crippen LogP contribution in [0.15, 0.2) is 27.9 Å². The third-order valence-electron chi connectivity index (χ3n) is 3.30. The normalized spacial score (nSPS) is 11.5. The van der Waals surface area contributed by atoms with Crippen molar-refractivity contribution in [1.29, 1.82) is 0 Å². The summed E-state index contributed by atoms with van der Waals surface area (Å²) in [4.78, 5) is 14.7. The van der Waals surface area contributed by atoms with Crippen LogP contribution in [0.3, 0.4) is 0 Å². The Morgan fingerprint density at radius 2 is 2.14 bits per heavy atom. The first kappa shape index (κ1) is 15.6. The van der Waals surface area contributed by atoms with Crippen molar-refractivity contribution in [3.8, 4) is 0 Å². The van der Waals surface area contributed by atoms with Crippen LogP contribution in [0.2, 0.25) is 0 Å². The van der Waals surface area contributed by atoms with E-state index in [9.17, 15) is 4.79 Å². The lowest BCUT2D eigenvalue weighted by Crippen LogP contribution is -2.17. The first-order valence-corrected chi connectivity index (χ1v) is 7.55. The van der Waals surface area contributed by atoms with E-state index in [1.807, 2.05) is 0 Å². The quantitative estimate of drug-likeness (QED) is 0.642. The van der Waals surface area contributed by atoms with Gasteiger partial charge in [-0.3, -0.25) is 4.79 Å². The number of aromatic nitrogens is 2. The SMILES string of the molecule is Cc1cc(/C=N\NC(=O)c2cc(Br)c[nH]2)c(C)n1C(C)C. The zero-order chi connectivity index (χ0) is 15.6. The Labute approximate surface area is 132 Å². The van der Waals surface area contributed by atoms with E-state index in [1.165, 1.54) is 5.69 Å². The molecule has 0 radical (unpaired) electrons. The summed E-state index contributed by atoms with van der Waals surface area (Å²) < 4.78 is 3.07. The molecule has 21 heavy (non-hydrogen) atoms. The number of nitrogens with zero attached hydrogens (tertiary/aromatic N) is 2. The highest BCUT2D eigenvalue weighted by Crippen LogP contribution is 2.18. The number of amides is 1. The predicted octanol–water partition coefficient (Wildman–Crippen LogP) is 3.54. The number of hydrazone groups is 1. The second-order valence-electron chi connectivity index (χ2n) is 5.22. The van der Waals surface area contributed by atoms with Crippen molar-refractivity contribution in [2.45, 2.75) is 33.7 Å². The summed E-state index contributed by atoms with van der Waals surface area (Å²) in [5, 5.41) is 4.03. The Morgan fingerprint density at radius 3 is 2.67 bits per heavy atom. The molecule has 5 nitrogen and oxygen atoms in total. The van der Waals surface area contributed by atoms with E-state index in [4.69, 9.17) is 0 Å². The number of hydrogen-bond acceptors (Lipinski definition) is 2. The molecule has 0 aliphatic rings. The lowest BCUT2D eigenvalue weighted by Gasteiger charge is -2.13. The molecule has 0 saturated heterocycles. The Kier molecular flexibility index (Phi) is 4.67. The molecule has 0 spiro atoms. The van der Waals surface area contributed by atoms with Gasteiger partial charge in [-0.15, -0.1) is 0 Å². The van der Waals surface area contributed by atoms with E-state index >= 15 is 0 Å². The molecule has 2 N–H and O–H groups in total. The van der Waals surface area contributed by atoms with Crippen molar-refractivity contribution < 1.29 is 4.79 Å². The van der Waals surface area contributed by atoms with Gasteiger partial charge in [-0.1, -0.05) is 0 Å². The van der Waals surface area contributed by atoms with Crippen LogP contribution < -0.4 is 5.43 Å². The highest BCUT2D eigenvalue weighted by atomic mass is 79.9. The van der Waals surface area contributed by atoms with Crippen molar-refractivity contribution in [2.75, 3.05) is 0 Å². The first-order valence-electron chi connectivity index (χ1n) is 6.76. The summed E-state index contributed by atoms with van der Waals surface area (Å²) in [5.74, 6) is -0.269. The summed E-state index contributed by atoms with van der Waals surface area (Å²) in [6.07, 6.45) is 3.38. The van der Waals surface area contributed by atoms with E-state index in [0.29, 0.717) is 11.7 Å². The summed E-state index contributed by atoms with van der Waals surface area (Å²) >= 11 is 3.29. The average Bonchev–Trinajstić information content (AvgIpc) is 2.94. The standard InChI is InChI=1S/C15H19BrN4O/c1-9(2)20-10(3)5-12(11(20)4)7-18-19-15(21)14-6-13(16)8-17-14/h5-9,17H,1-4H3,(H,19,21)/b18-7-. The summed E-state index contributed by atoms with van der Waals surface area (Å²) in [6.45, 7) is 8.41. The van der Waals surface area contributed by atoms with Gasteiger partial charge >= 0.3 is 0 Å². The summed E-state index contributed by atoms with van der Waals surface area (Å²) in [6, 6.07) is 4.17. The van der Waals surface area contributed by atoms with Crippen LogP contribution in [0.4, 0.5) is 0 Å². The fraction of sp³-hybridized carbons (Fsp3) is 0.333. The van der Waals surface area contributed by atoms with Gasteiger partial charge in [-0.2, -0.15) is 5.10 Å². The van der Waals surface area contributed by atoms with Crippen molar-refractivity contribution >= 4 is 28.1 Å². The van der Waals surface area contributed by atoms with Gasteiger partial charge in [0.1, 0.15) is 5.69 Å². The van der Waals surface area contributed by atoms with Gasteiger partial charge in [0, 0.05) is 33.7 Å². The summed E-state index contributed by atoms with van der Waals surface area (Å²) in [7, 11) is 0. The Hall–Kier alpha value is -1.82.